The summed E-state index contributed by atoms with van der Waals surface area (Å²) in [4.78, 5) is 25.5. The van der Waals surface area contributed by atoms with Crippen LogP contribution in [-0.2, 0) is 11.3 Å². The van der Waals surface area contributed by atoms with Crippen LogP contribution in [-0.4, -0.2) is 41.9 Å². The highest BCUT2D eigenvalue weighted by molar-refractivity contribution is 6.01. The summed E-state index contributed by atoms with van der Waals surface area (Å²) in [6.07, 6.45) is 1.35. The Morgan fingerprint density at radius 3 is 2.72 bits per heavy atom. The molecule has 2 aromatic rings. The van der Waals surface area contributed by atoms with Gasteiger partial charge < -0.3 is 19.3 Å². The molecule has 0 spiro atoms. The number of rotatable bonds is 7. The average Bonchev–Trinajstić information content (AvgIpc) is 3.23. The molecule has 1 unspecified atom stereocenters. The van der Waals surface area contributed by atoms with Gasteiger partial charge in [-0.1, -0.05) is 12.1 Å². The molecule has 1 aliphatic rings. The van der Waals surface area contributed by atoms with Crippen LogP contribution in [0.15, 0.2) is 29.1 Å². The number of ketones is 1. The number of hydrogen-bond acceptors (Lipinski definition) is 7. The fraction of sp³-hybridized carbons (Fsp3) is 0.381. The van der Waals surface area contributed by atoms with Crippen molar-refractivity contribution in [3.63, 3.8) is 0 Å². The maximum atomic E-state index is 12.8. The lowest BCUT2D eigenvalue weighted by molar-refractivity contribution is 0.0892. The molecule has 1 aromatic carbocycles. The van der Waals surface area contributed by atoms with Crippen molar-refractivity contribution < 1.29 is 24.1 Å². The van der Waals surface area contributed by atoms with E-state index < -0.39 is 23.8 Å². The van der Waals surface area contributed by atoms with Gasteiger partial charge in [0, 0.05) is 6.61 Å². The monoisotopic (exact) mass is 398 g/mol. The van der Waals surface area contributed by atoms with E-state index in [1.165, 1.54) is 14.0 Å². The van der Waals surface area contributed by atoms with Crippen molar-refractivity contribution in [1.29, 1.82) is 5.26 Å². The van der Waals surface area contributed by atoms with E-state index in [0.29, 0.717) is 18.1 Å². The Bertz CT molecular complexity index is 1020. The SMILES string of the molecule is COc1ccccc1OCC(=O)c1c(C)c(C#N)c(=O)n(CC2CCCO2)c1O. The number of nitriles is 1. The van der Waals surface area contributed by atoms with Gasteiger partial charge >= 0.3 is 0 Å². The highest BCUT2D eigenvalue weighted by Gasteiger charge is 2.27. The number of para-hydroxylation sites is 2. The number of carbonyl (C=O) groups is 1. The van der Waals surface area contributed by atoms with E-state index in [0.717, 1.165) is 17.4 Å². The minimum absolute atomic E-state index is 0.0767. The van der Waals surface area contributed by atoms with Crippen molar-refractivity contribution in [2.45, 2.75) is 32.4 Å². The van der Waals surface area contributed by atoms with Crippen molar-refractivity contribution in [3.05, 3.63) is 51.3 Å². The number of aromatic nitrogens is 1. The van der Waals surface area contributed by atoms with Crippen molar-refractivity contribution in [3.8, 4) is 23.4 Å². The summed E-state index contributed by atoms with van der Waals surface area (Å²) in [5.41, 5.74) is -0.789. The molecular weight excluding hydrogens is 376 g/mol. The van der Waals surface area contributed by atoms with Crippen LogP contribution in [0, 0.1) is 18.3 Å². The molecule has 1 aliphatic heterocycles. The summed E-state index contributed by atoms with van der Waals surface area (Å²) in [7, 11) is 1.49. The van der Waals surface area contributed by atoms with Crippen LogP contribution in [0.5, 0.6) is 17.4 Å². The third kappa shape index (κ3) is 4.10. The second kappa shape index (κ2) is 8.80. The summed E-state index contributed by atoms with van der Waals surface area (Å²) in [5.74, 6) is -0.199. The molecule has 0 radical (unpaired) electrons. The molecule has 3 rings (SSSR count). The van der Waals surface area contributed by atoms with E-state index in [-0.39, 0.29) is 29.3 Å². The highest BCUT2D eigenvalue weighted by Crippen LogP contribution is 2.28. The zero-order valence-corrected chi connectivity index (χ0v) is 16.3. The lowest BCUT2D eigenvalue weighted by atomic mass is 10.0. The van der Waals surface area contributed by atoms with E-state index in [1.807, 2.05) is 6.07 Å². The molecule has 8 nitrogen and oxygen atoms in total. The second-order valence-corrected chi connectivity index (χ2v) is 6.72. The molecule has 0 aliphatic carbocycles. The van der Waals surface area contributed by atoms with Crippen LogP contribution in [0.3, 0.4) is 0 Å². The molecule has 0 bridgehead atoms. The van der Waals surface area contributed by atoms with Gasteiger partial charge in [-0.05, 0) is 37.5 Å². The van der Waals surface area contributed by atoms with Gasteiger partial charge in [-0.3, -0.25) is 14.2 Å². The number of aromatic hydroxyl groups is 1. The van der Waals surface area contributed by atoms with E-state index in [2.05, 4.69) is 0 Å². The van der Waals surface area contributed by atoms with Crippen LogP contribution in [0.4, 0.5) is 0 Å². The molecule has 1 N–H and O–H groups in total. The molecule has 152 valence electrons. The van der Waals surface area contributed by atoms with E-state index in [9.17, 15) is 20.0 Å². The molecule has 1 aromatic heterocycles. The van der Waals surface area contributed by atoms with Crippen LogP contribution >= 0.6 is 0 Å². The van der Waals surface area contributed by atoms with Crippen molar-refractivity contribution in [2.75, 3.05) is 20.3 Å². The first-order chi connectivity index (χ1) is 14.0. The third-order valence-corrected chi connectivity index (χ3v) is 4.92. The minimum atomic E-state index is -0.639. The van der Waals surface area contributed by atoms with Gasteiger partial charge in [0.1, 0.15) is 11.6 Å². The Hall–Kier alpha value is -3.31. The fourth-order valence-corrected chi connectivity index (χ4v) is 3.40. The molecule has 1 fully saturated rings. The Kier molecular flexibility index (Phi) is 6.20. The Morgan fingerprint density at radius 2 is 2.10 bits per heavy atom. The van der Waals surface area contributed by atoms with Crippen LogP contribution < -0.4 is 15.0 Å². The maximum Gasteiger partial charge on any atom is 0.271 e. The predicted molar refractivity (Wildman–Crippen MR) is 104 cm³/mol. The zero-order chi connectivity index (χ0) is 21.0. The standard InChI is InChI=1S/C21H22N2O6/c1-13-15(10-22)20(25)23(11-14-6-5-9-28-14)21(26)19(13)16(24)12-29-18-8-4-3-7-17(18)27-2/h3-4,7-8,14,26H,5-6,9,11-12H2,1-2H3. The topological polar surface area (TPSA) is 111 Å². The van der Waals surface area contributed by atoms with Crippen molar-refractivity contribution >= 4 is 5.78 Å². The first-order valence-corrected chi connectivity index (χ1v) is 9.25. The number of pyridine rings is 1. The van der Waals surface area contributed by atoms with E-state index in [4.69, 9.17) is 14.2 Å². The first kappa shape index (κ1) is 20.4. The lowest BCUT2D eigenvalue weighted by Crippen LogP contribution is -2.31. The molecule has 2 heterocycles. The van der Waals surface area contributed by atoms with Gasteiger partial charge in [0.15, 0.2) is 18.1 Å². The summed E-state index contributed by atoms with van der Waals surface area (Å²) in [6, 6.07) is 8.69. The number of ether oxygens (including phenoxy) is 3. The molecule has 1 saturated heterocycles. The van der Waals surface area contributed by atoms with Gasteiger partial charge in [-0.2, -0.15) is 5.26 Å². The highest BCUT2D eigenvalue weighted by atomic mass is 16.5. The average molecular weight is 398 g/mol. The second-order valence-electron chi connectivity index (χ2n) is 6.72. The number of hydrogen-bond donors (Lipinski definition) is 1. The summed E-state index contributed by atoms with van der Waals surface area (Å²) in [6.45, 7) is 1.73. The zero-order valence-electron chi connectivity index (χ0n) is 16.3. The van der Waals surface area contributed by atoms with Gasteiger partial charge in [0.25, 0.3) is 5.56 Å². The van der Waals surface area contributed by atoms with Crippen LogP contribution in [0.25, 0.3) is 0 Å². The molecule has 0 amide bonds. The van der Waals surface area contributed by atoms with E-state index >= 15 is 0 Å². The number of Topliss-reactive ketones (excluding diaryl/α,β-unsaturated/α-hetero) is 1. The Morgan fingerprint density at radius 1 is 1.38 bits per heavy atom. The normalized spacial score (nSPS) is 15.7. The quantitative estimate of drug-likeness (QED) is 0.712. The first-order valence-electron chi connectivity index (χ1n) is 9.25. The van der Waals surface area contributed by atoms with Gasteiger partial charge in [0.2, 0.25) is 11.7 Å². The fourth-order valence-electron chi connectivity index (χ4n) is 3.40. The smallest absolute Gasteiger partial charge is 0.271 e. The summed E-state index contributed by atoms with van der Waals surface area (Å²) < 4.78 is 17.3. The number of methoxy groups -OCH3 is 1. The number of carbonyl (C=O) groups excluding carboxylic acids is 1. The molecule has 1 atom stereocenters. The third-order valence-electron chi connectivity index (χ3n) is 4.92. The lowest BCUT2D eigenvalue weighted by Gasteiger charge is -2.18. The number of benzene rings is 1. The van der Waals surface area contributed by atoms with E-state index in [1.54, 1.807) is 24.3 Å². The minimum Gasteiger partial charge on any atom is -0.494 e. The number of nitrogens with zero attached hydrogens (tertiary/aromatic N) is 2. The predicted octanol–water partition coefficient (Wildman–Crippen LogP) is 2.18. The molecule has 29 heavy (non-hydrogen) atoms. The molecule has 8 heteroatoms. The van der Waals surface area contributed by atoms with Crippen LogP contribution in [0.1, 0.15) is 34.3 Å². The van der Waals surface area contributed by atoms with Gasteiger partial charge in [0.05, 0.1) is 25.3 Å². The molecular formula is C21H22N2O6. The van der Waals surface area contributed by atoms with Crippen molar-refractivity contribution in [1.82, 2.24) is 4.57 Å². The van der Waals surface area contributed by atoms with Crippen molar-refractivity contribution in [2.24, 2.45) is 0 Å². The van der Waals surface area contributed by atoms with Gasteiger partial charge in [-0.15, -0.1) is 0 Å². The molecule has 0 saturated carbocycles. The van der Waals surface area contributed by atoms with Crippen LogP contribution in [0.2, 0.25) is 0 Å². The van der Waals surface area contributed by atoms with Gasteiger partial charge in [-0.25, -0.2) is 0 Å². The maximum absolute atomic E-state index is 12.8. The largest absolute Gasteiger partial charge is 0.494 e. The Labute approximate surface area is 167 Å². The Balaban J connectivity index is 1.93. The summed E-state index contributed by atoms with van der Waals surface area (Å²) in [5, 5.41) is 20.1. The summed E-state index contributed by atoms with van der Waals surface area (Å²) >= 11 is 0.